The molecule has 17 heavy (non-hydrogen) atoms. The fourth-order valence-corrected chi connectivity index (χ4v) is 2.63. The molecule has 0 spiro atoms. The van der Waals surface area contributed by atoms with Crippen LogP contribution in [0.15, 0.2) is 24.3 Å². The van der Waals surface area contributed by atoms with Crippen LogP contribution in [0.25, 0.3) is 0 Å². The Hall–Kier alpha value is -1.07. The fourth-order valence-electron chi connectivity index (χ4n) is 1.44. The van der Waals surface area contributed by atoms with Gasteiger partial charge in [0.05, 0.1) is 12.9 Å². The van der Waals surface area contributed by atoms with Crippen LogP contribution < -0.4 is 9.46 Å². The van der Waals surface area contributed by atoms with Gasteiger partial charge in [-0.05, 0) is 12.5 Å². The molecule has 0 radical (unpaired) electrons. The highest BCUT2D eigenvalue weighted by molar-refractivity contribution is 7.89. The van der Waals surface area contributed by atoms with Crippen LogP contribution in [0, 0.1) is 0 Å². The van der Waals surface area contributed by atoms with Crippen LogP contribution in [-0.2, 0) is 16.6 Å². The van der Waals surface area contributed by atoms with Gasteiger partial charge in [0.2, 0.25) is 10.0 Å². The van der Waals surface area contributed by atoms with Crippen molar-refractivity contribution in [3.63, 3.8) is 0 Å². The minimum Gasteiger partial charge on any atom is -0.496 e. The smallest absolute Gasteiger partial charge is 0.211 e. The van der Waals surface area contributed by atoms with Gasteiger partial charge in [-0.25, -0.2) is 13.1 Å². The van der Waals surface area contributed by atoms with Gasteiger partial charge in [0.1, 0.15) is 5.75 Å². The minimum absolute atomic E-state index is 0.179. The van der Waals surface area contributed by atoms with Crippen LogP contribution in [0.4, 0.5) is 0 Å². The van der Waals surface area contributed by atoms with Crippen molar-refractivity contribution < 1.29 is 13.2 Å². The monoisotopic (exact) mass is 257 g/mol. The summed E-state index contributed by atoms with van der Waals surface area (Å²) in [4.78, 5) is 0. The van der Waals surface area contributed by atoms with Crippen LogP contribution in [0.1, 0.15) is 25.3 Å². The molecule has 0 unspecified atom stereocenters. The molecule has 0 saturated carbocycles. The van der Waals surface area contributed by atoms with E-state index in [0.717, 1.165) is 12.0 Å². The lowest BCUT2D eigenvalue weighted by molar-refractivity contribution is 0.409. The van der Waals surface area contributed by atoms with Crippen molar-refractivity contribution in [1.82, 2.24) is 4.72 Å². The normalized spacial score (nSPS) is 11.4. The zero-order chi connectivity index (χ0) is 12.7. The zero-order valence-electron chi connectivity index (χ0n) is 10.3. The Morgan fingerprint density at radius 2 is 2.00 bits per heavy atom. The number of unbranched alkanes of at least 4 members (excludes halogenated alkanes) is 1. The number of hydrogen-bond acceptors (Lipinski definition) is 3. The molecule has 1 aromatic rings. The van der Waals surface area contributed by atoms with Crippen molar-refractivity contribution in [3.8, 4) is 5.75 Å². The number of rotatable bonds is 7. The topological polar surface area (TPSA) is 55.4 Å². The highest BCUT2D eigenvalue weighted by Crippen LogP contribution is 2.16. The molecule has 1 N–H and O–H groups in total. The van der Waals surface area contributed by atoms with Gasteiger partial charge in [-0.1, -0.05) is 31.5 Å². The first kappa shape index (κ1) is 14.0. The summed E-state index contributed by atoms with van der Waals surface area (Å²) in [7, 11) is -1.60. The van der Waals surface area contributed by atoms with E-state index in [4.69, 9.17) is 4.74 Å². The molecular weight excluding hydrogens is 238 g/mol. The van der Waals surface area contributed by atoms with Crippen molar-refractivity contribution in [2.45, 2.75) is 26.3 Å². The first-order chi connectivity index (χ1) is 8.09. The van der Waals surface area contributed by atoms with Crippen LogP contribution in [0.2, 0.25) is 0 Å². The van der Waals surface area contributed by atoms with E-state index in [1.807, 2.05) is 31.2 Å². The van der Waals surface area contributed by atoms with E-state index in [2.05, 4.69) is 4.72 Å². The minimum atomic E-state index is -3.17. The highest BCUT2D eigenvalue weighted by atomic mass is 32.2. The molecule has 0 heterocycles. The molecule has 0 aliphatic rings. The molecular formula is C12H19NO3S. The van der Waals surface area contributed by atoms with Crippen LogP contribution in [0.5, 0.6) is 5.75 Å². The molecule has 5 heteroatoms. The number of benzene rings is 1. The maximum absolute atomic E-state index is 11.6. The standard InChI is InChI=1S/C12H19NO3S/c1-3-4-9-17(14,15)13-10-11-7-5-6-8-12(11)16-2/h5-8,13H,3-4,9-10H2,1-2H3. The van der Waals surface area contributed by atoms with Crippen LogP contribution >= 0.6 is 0 Å². The SMILES string of the molecule is CCCCS(=O)(=O)NCc1ccccc1OC. The van der Waals surface area contributed by atoms with Gasteiger partial charge < -0.3 is 4.74 Å². The lowest BCUT2D eigenvalue weighted by atomic mass is 10.2. The van der Waals surface area contributed by atoms with Gasteiger partial charge in [-0.15, -0.1) is 0 Å². The quantitative estimate of drug-likeness (QED) is 0.812. The molecule has 0 fully saturated rings. The lowest BCUT2D eigenvalue weighted by Crippen LogP contribution is -2.26. The van der Waals surface area contributed by atoms with E-state index in [9.17, 15) is 8.42 Å². The second kappa shape index (κ2) is 6.61. The number of nitrogens with one attached hydrogen (secondary N) is 1. The summed E-state index contributed by atoms with van der Waals surface area (Å²) in [5, 5.41) is 0. The average Bonchev–Trinajstić information content (AvgIpc) is 2.34. The molecule has 0 atom stereocenters. The van der Waals surface area contributed by atoms with Gasteiger partial charge in [0.15, 0.2) is 0 Å². The number of hydrogen-bond donors (Lipinski definition) is 1. The summed E-state index contributed by atoms with van der Waals surface area (Å²) < 4.78 is 31.0. The van der Waals surface area contributed by atoms with Gasteiger partial charge in [-0.3, -0.25) is 0 Å². The van der Waals surface area contributed by atoms with E-state index in [1.165, 1.54) is 0 Å². The van der Waals surface area contributed by atoms with Crippen LogP contribution in [0.3, 0.4) is 0 Å². The van der Waals surface area contributed by atoms with Gasteiger partial charge in [0.25, 0.3) is 0 Å². The first-order valence-electron chi connectivity index (χ1n) is 5.68. The van der Waals surface area contributed by atoms with Gasteiger partial charge in [-0.2, -0.15) is 0 Å². The lowest BCUT2D eigenvalue weighted by Gasteiger charge is -2.09. The van der Waals surface area contributed by atoms with Crippen molar-refractivity contribution in [1.29, 1.82) is 0 Å². The molecule has 0 aliphatic heterocycles. The summed E-state index contributed by atoms with van der Waals surface area (Å²) in [6.07, 6.45) is 1.55. The van der Waals surface area contributed by atoms with Crippen molar-refractivity contribution >= 4 is 10.0 Å². The van der Waals surface area contributed by atoms with Crippen molar-refractivity contribution in [2.75, 3.05) is 12.9 Å². The number of ether oxygens (including phenoxy) is 1. The van der Waals surface area contributed by atoms with E-state index in [1.54, 1.807) is 7.11 Å². The second-order valence-corrected chi connectivity index (χ2v) is 5.73. The van der Waals surface area contributed by atoms with Crippen molar-refractivity contribution in [2.24, 2.45) is 0 Å². The maximum atomic E-state index is 11.6. The fraction of sp³-hybridized carbons (Fsp3) is 0.500. The molecule has 1 aromatic carbocycles. The third-order valence-electron chi connectivity index (χ3n) is 2.44. The van der Waals surface area contributed by atoms with Crippen molar-refractivity contribution in [3.05, 3.63) is 29.8 Å². The molecule has 0 saturated heterocycles. The largest absolute Gasteiger partial charge is 0.496 e. The molecule has 0 amide bonds. The Morgan fingerprint density at radius 1 is 1.29 bits per heavy atom. The Morgan fingerprint density at radius 3 is 2.65 bits per heavy atom. The first-order valence-corrected chi connectivity index (χ1v) is 7.33. The number of sulfonamides is 1. The zero-order valence-corrected chi connectivity index (χ0v) is 11.1. The summed E-state index contributed by atoms with van der Waals surface area (Å²) >= 11 is 0. The second-order valence-electron chi connectivity index (χ2n) is 3.81. The summed E-state index contributed by atoms with van der Waals surface area (Å²) in [5.41, 5.74) is 0.843. The predicted octanol–water partition coefficient (Wildman–Crippen LogP) is 1.91. The molecule has 0 aromatic heterocycles. The summed E-state index contributed by atoms with van der Waals surface area (Å²) in [5.74, 6) is 0.879. The van der Waals surface area contributed by atoms with Crippen LogP contribution in [-0.4, -0.2) is 21.3 Å². The highest BCUT2D eigenvalue weighted by Gasteiger charge is 2.10. The van der Waals surface area contributed by atoms with Gasteiger partial charge in [0, 0.05) is 12.1 Å². The number of para-hydroxylation sites is 1. The maximum Gasteiger partial charge on any atom is 0.211 e. The predicted molar refractivity (Wildman–Crippen MR) is 68.5 cm³/mol. The van der Waals surface area contributed by atoms with Gasteiger partial charge >= 0.3 is 0 Å². The third kappa shape index (κ3) is 4.75. The Balaban J connectivity index is 2.61. The van der Waals surface area contributed by atoms with E-state index in [0.29, 0.717) is 12.2 Å². The van der Waals surface area contributed by atoms with E-state index >= 15 is 0 Å². The average molecular weight is 257 g/mol. The Labute approximate surface area is 103 Å². The molecule has 1 rings (SSSR count). The third-order valence-corrected chi connectivity index (χ3v) is 3.85. The Bertz CT molecular complexity index is 443. The molecule has 0 aliphatic carbocycles. The van der Waals surface area contributed by atoms with E-state index < -0.39 is 10.0 Å². The summed E-state index contributed by atoms with van der Waals surface area (Å²) in [6.45, 7) is 2.24. The molecule has 4 nitrogen and oxygen atoms in total. The Kier molecular flexibility index (Phi) is 5.44. The molecule has 0 bridgehead atoms. The number of methoxy groups -OCH3 is 1. The summed E-state index contributed by atoms with van der Waals surface area (Å²) in [6, 6.07) is 7.38. The molecule has 96 valence electrons. The van der Waals surface area contributed by atoms with E-state index in [-0.39, 0.29) is 12.3 Å².